The lowest BCUT2D eigenvalue weighted by Crippen LogP contribution is -2.38. The highest BCUT2D eigenvalue weighted by atomic mass is 19.2. The summed E-state index contributed by atoms with van der Waals surface area (Å²) in [5, 5.41) is 10.2. The van der Waals surface area contributed by atoms with Crippen molar-refractivity contribution in [2.75, 3.05) is 12.3 Å². The molecule has 8 nitrogen and oxygen atoms in total. The molecule has 204 valence electrons. The van der Waals surface area contributed by atoms with Crippen LogP contribution in [0.3, 0.4) is 0 Å². The van der Waals surface area contributed by atoms with Crippen LogP contribution < -0.4 is 10.5 Å². The van der Waals surface area contributed by atoms with Gasteiger partial charge in [0.05, 0.1) is 11.4 Å². The van der Waals surface area contributed by atoms with Gasteiger partial charge in [-0.1, -0.05) is 38.1 Å². The maximum Gasteiger partial charge on any atom is 0.264 e. The van der Waals surface area contributed by atoms with Gasteiger partial charge in [0.15, 0.2) is 11.6 Å². The summed E-state index contributed by atoms with van der Waals surface area (Å²) in [5.41, 5.74) is 8.65. The number of nitrogens with two attached hydrogens (primary N) is 1. The predicted molar refractivity (Wildman–Crippen MR) is 147 cm³/mol. The van der Waals surface area contributed by atoms with Gasteiger partial charge >= 0.3 is 0 Å². The molecule has 1 amide bonds. The Balaban J connectivity index is 1.44. The first-order valence-electron chi connectivity index (χ1n) is 13.0. The van der Waals surface area contributed by atoms with Crippen molar-refractivity contribution in [1.29, 1.82) is 5.26 Å². The number of fused-ring (bicyclic) bond motifs is 1. The number of amides is 1. The largest absolute Gasteiger partial charge is 0.454 e. The van der Waals surface area contributed by atoms with Gasteiger partial charge in [0.2, 0.25) is 5.82 Å². The number of ether oxygens (including phenoxy) is 1. The Morgan fingerprint density at radius 1 is 1.23 bits per heavy atom. The van der Waals surface area contributed by atoms with Crippen LogP contribution in [0, 0.1) is 28.9 Å². The molecule has 0 spiro atoms. The van der Waals surface area contributed by atoms with E-state index in [1.54, 1.807) is 35.2 Å². The van der Waals surface area contributed by atoms with E-state index in [0.717, 1.165) is 30.0 Å². The van der Waals surface area contributed by atoms with Gasteiger partial charge < -0.3 is 19.9 Å². The minimum Gasteiger partial charge on any atom is -0.454 e. The third kappa shape index (κ3) is 5.23. The van der Waals surface area contributed by atoms with E-state index in [0.29, 0.717) is 35.7 Å². The molecule has 0 saturated carbocycles. The van der Waals surface area contributed by atoms with Gasteiger partial charge in [-0.05, 0) is 48.6 Å². The quantitative estimate of drug-likeness (QED) is 0.232. The Morgan fingerprint density at radius 3 is 2.73 bits per heavy atom. The number of nitriles is 1. The Kier molecular flexibility index (Phi) is 7.47. The number of aromatic nitrogens is 3. The number of anilines is 1. The lowest BCUT2D eigenvalue weighted by molar-refractivity contribution is -0.127. The van der Waals surface area contributed by atoms with Crippen molar-refractivity contribution < 1.29 is 18.3 Å². The lowest BCUT2D eigenvalue weighted by Gasteiger charge is -2.25. The number of carbonyl (C=O) groups is 1. The normalized spacial score (nSPS) is 15.6. The Hall–Kier alpha value is -4.78. The van der Waals surface area contributed by atoms with Crippen LogP contribution in [0.4, 0.5) is 14.6 Å². The van der Waals surface area contributed by atoms with Gasteiger partial charge in [-0.15, -0.1) is 0 Å². The molecule has 5 rings (SSSR count). The highest BCUT2D eigenvalue weighted by Crippen LogP contribution is 2.35. The van der Waals surface area contributed by atoms with E-state index in [-0.39, 0.29) is 29.2 Å². The minimum absolute atomic E-state index is 0.0833. The van der Waals surface area contributed by atoms with E-state index >= 15 is 0 Å². The predicted octanol–water partition coefficient (Wildman–Crippen LogP) is 5.85. The molecule has 0 radical (unpaired) electrons. The van der Waals surface area contributed by atoms with E-state index in [9.17, 15) is 18.8 Å². The van der Waals surface area contributed by atoms with Gasteiger partial charge in [0.1, 0.15) is 35.2 Å². The average Bonchev–Trinajstić information content (AvgIpc) is 3.56. The first kappa shape index (κ1) is 26.8. The van der Waals surface area contributed by atoms with Crippen molar-refractivity contribution >= 4 is 22.8 Å². The zero-order valence-electron chi connectivity index (χ0n) is 22.1. The molecule has 0 unspecified atom stereocenters. The van der Waals surface area contributed by atoms with Gasteiger partial charge in [-0.3, -0.25) is 4.79 Å². The Bertz CT molecular complexity index is 1640. The highest BCUT2D eigenvalue weighted by Gasteiger charge is 2.31. The van der Waals surface area contributed by atoms with Crippen molar-refractivity contribution in [3.8, 4) is 28.7 Å². The summed E-state index contributed by atoms with van der Waals surface area (Å²) in [4.78, 5) is 23.6. The molecular formula is C30H28F2N6O2. The fourth-order valence-corrected chi connectivity index (χ4v) is 5.06. The van der Waals surface area contributed by atoms with Crippen LogP contribution in [0.1, 0.15) is 26.7 Å². The summed E-state index contributed by atoms with van der Waals surface area (Å²) >= 11 is 0. The van der Waals surface area contributed by atoms with Crippen LogP contribution in [-0.4, -0.2) is 37.9 Å². The number of carbonyl (C=O) groups excluding carboxylic acids is 1. The summed E-state index contributed by atoms with van der Waals surface area (Å²) in [6.45, 7) is 4.92. The third-order valence-corrected chi connectivity index (χ3v) is 6.89. The molecule has 4 aromatic rings. The molecule has 2 aromatic carbocycles. The number of allylic oxidation sites excluding steroid dienone is 1. The first-order valence-corrected chi connectivity index (χ1v) is 13.0. The number of rotatable bonds is 7. The van der Waals surface area contributed by atoms with Crippen molar-refractivity contribution in [3.05, 3.63) is 78.3 Å². The standard InChI is InChI=1S/C30H28F2N6O2/c1-18(2)13-20(14-33)30(39)38-12-4-5-21(38)15-37-16-23(26-28(34)35-17-36-29(26)37)19-8-10-22(11-9-19)40-25-7-3-6-24(31)27(25)32/h3,6-11,13,16-18,21H,4-5,12,15H2,1-2H3,(H2,34,35,36)/b20-13+/t21-/m0/s1. The van der Waals surface area contributed by atoms with Gasteiger partial charge in [-0.2, -0.15) is 9.65 Å². The minimum atomic E-state index is -1.06. The molecule has 1 saturated heterocycles. The summed E-state index contributed by atoms with van der Waals surface area (Å²) in [5.74, 6) is -1.77. The second-order valence-corrected chi connectivity index (χ2v) is 10.1. The summed E-state index contributed by atoms with van der Waals surface area (Å²) < 4.78 is 35.1. The highest BCUT2D eigenvalue weighted by molar-refractivity contribution is 6.01. The second-order valence-electron chi connectivity index (χ2n) is 10.1. The van der Waals surface area contributed by atoms with Crippen LogP contribution in [0.5, 0.6) is 11.5 Å². The number of benzene rings is 2. The van der Waals surface area contributed by atoms with Crippen molar-refractivity contribution in [2.45, 2.75) is 39.3 Å². The maximum atomic E-state index is 14.0. The molecular weight excluding hydrogens is 514 g/mol. The van der Waals surface area contributed by atoms with E-state index in [4.69, 9.17) is 10.5 Å². The number of nitrogens with zero attached hydrogens (tertiary/aromatic N) is 5. The fraction of sp³-hybridized carbons (Fsp3) is 0.267. The summed E-state index contributed by atoms with van der Waals surface area (Å²) in [6.07, 6.45) is 6.66. The van der Waals surface area contributed by atoms with Crippen LogP contribution in [0.25, 0.3) is 22.2 Å². The molecule has 0 bridgehead atoms. The fourth-order valence-electron chi connectivity index (χ4n) is 5.06. The summed E-state index contributed by atoms with van der Waals surface area (Å²) in [7, 11) is 0. The molecule has 1 atom stereocenters. The van der Waals surface area contributed by atoms with E-state index in [1.165, 1.54) is 18.5 Å². The SMILES string of the molecule is CC(C)/C=C(\C#N)C(=O)N1CCC[C@H]1Cn1cc(-c2ccc(Oc3cccc(F)c3F)cc2)c2c(N)ncnc21. The number of hydrogen-bond acceptors (Lipinski definition) is 6. The van der Waals surface area contributed by atoms with Crippen molar-refractivity contribution in [2.24, 2.45) is 5.92 Å². The summed E-state index contributed by atoms with van der Waals surface area (Å²) in [6, 6.07) is 12.6. The van der Waals surface area contributed by atoms with Crippen LogP contribution in [-0.2, 0) is 11.3 Å². The van der Waals surface area contributed by atoms with Crippen LogP contribution in [0.2, 0.25) is 0 Å². The topological polar surface area (TPSA) is 110 Å². The second kappa shape index (κ2) is 11.1. The van der Waals surface area contributed by atoms with Crippen LogP contribution in [0.15, 0.2) is 66.6 Å². The molecule has 1 aliphatic heterocycles. The van der Waals surface area contributed by atoms with E-state index in [1.807, 2.05) is 24.6 Å². The molecule has 2 N–H and O–H groups in total. The Labute approximate surface area is 230 Å². The molecule has 1 aliphatic rings. The van der Waals surface area contributed by atoms with Gasteiger partial charge in [0, 0.05) is 24.8 Å². The number of halogens is 2. The lowest BCUT2D eigenvalue weighted by atomic mass is 10.1. The first-order chi connectivity index (χ1) is 19.3. The van der Waals surface area contributed by atoms with Gasteiger partial charge in [0.25, 0.3) is 5.91 Å². The zero-order valence-corrected chi connectivity index (χ0v) is 22.1. The van der Waals surface area contributed by atoms with Crippen LogP contribution >= 0.6 is 0 Å². The molecule has 2 aromatic heterocycles. The Morgan fingerprint density at radius 2 is 2.00 bits per heavy atom. The van der Waals surface area contributed by atoms with E-state index in [2.05, 4.69) is 16.0 Å². The van der Waals surface area contributed by atoms with Gasteiger partial charge in [-0.25, -0.2) is 14.4 Å². The monoisotopic (exact) mass is 542 g/mol. The molecule has 40 heavy (non-hydrogen) atoms. The number of nitrogen functional groups attached to an aromatic ring is 1. The van der Waals surface area contributed by atoms with Crippen molar-refractivity contribution in [3.63, 3.8) is 0 Å². The molecule has 1 fully saturated rings. The third-order valence-electron chi connectivity index (χ3n) is 6.89. The molecule has 0 aliphatic carbocycles. The zero-order chi connectivity index (χ0) is 28.4. The maximum absolute atomic E-state index is 14.0. The number of hydrogen-bond donors (Lipinski definition) is 1. The average molecular weight is 543 g/mol. The molecule has 10 heteroatoms. The number of likely N-dealkylation sites (tertiary alicyclic amines) is 1. The van der Waals surface area contributed by atoms with Crippen molar-refractivity contribution in [1.82, 2.24) is 19.4 Å². The van der Waals surface area contributed by atoms with E-state index < -0.39 is 11.6 Å². The molecule has 3 heterocycles. The smallest absolute Gasteiger partial charge is 0.264 e.